The van der Waals surface area contributed by atoms with Crippen LogP contribution in [0.15, 0.2) is 29.2 Å². The summed E-state index contributed by atoms with van der Waals surface area (Å²) in [4.78, 5) is -0.0509. The van der Waals surface area contributed by atoms with Crippen molar-refractivity contribution in [2.45, 2.75) is 54.1 Å². The predicted molar refractivity (Wildman–Crippen MR) is 83.8 cm³/mol. The summed E-state index contributed by atoms with van der Waals surface area (Å²) >= 11 is 1.76. The largest absolute Gasteiger partial charge is 0.416 e. The molecule has 2 saturated heterocycles. The molecule has 3 nitrogen and oxygen atoms in total. The molecule has 23 heavy (non-hydrogen) atoms. The molecular weight excluding hydrogens is 347 g/mol. The normalized spacial score (nSPS) is 29.0. The Hall–Kier alpha value is -0.730. The number of benzene rings is 1. The zero-order valence-corrected chi connectivity index (χ0v) is 14.2. The number of sulfonamides is 1. The van der Waals surface area contributed by atoms with Gasteiger partial charge in [0.05, 0.1) is 10.5 Å². The second-order valence-electron chi connectivity index (χ2n) is 6.07. The average molecular weight is 365 g/mol. The van der Waals surface area contributed by atoms with Gasteiger partial charge >= 0.3 is 6.18 Å². The highest BCUT2D eigenvalue weighted by Crippen LogP contribution is 2.42. The fourth-order valence-electron chi connectivity index (χ4n) is 3.61. The van der Waals surface area contributed by atoms with E-state index in [2.05, 4.69) is 0 Å². The second-order valence-corrected chi connectivity index (χ2v) is 9.05. The van der Waals surface area contributed by atoms with Crippen LogP contribution < -0.4 is 0 Å². The van der Waals surface area contributed by atoms with E-state index in [0.717, 1.165) is 49.9 Å². The molecule has 2 fully saturated rings. The first-order valence-electron chi connectivity index (χ1n) is 7.47. The lowest BCUT2D eigenvalue weighted by Crippen LogP contribution is -2.47. The van der Waals surface area contributed by atoms with Crippen LogP contribution in [0, 0.1) is 0 Å². The highest BCUT2D eigenvalue weighted by atomic mass is 32.2. The van der Waals surface area contributed by atoms with Gasteiger partial charge in [0.1, 0.15) is 0 Å². The first-order valence-corrected chi connectivity index (χ1v) is 10.2. The number of hydrogen-bond donors (Lipinski definition) is 0. The van der Waals surface area contributed by atoms with E-state index in [9.17, 15) is 21.6 Å². The molecular formula is C15H18F3NO2S2. The van der Waals surface area contributed by atoms with Crippen LogP contribution in [0.4, 0.5) is 13.2 Å². The number of thioether (sulfide) groups is 1. The maximum Gasteiger partial charge on any atom is 0.416 e. The summed E-state index contributed by atoms with van der Waals surface area (Å²) in [5.74, 6) is 0. The van der Waals surface area contributed by atoms with Crippen molar-refractivity contribution >= 4 is 21.8 Å². The summed E-state index contributed by atoms with van der Waals surface area (Å²) in [5, 5.41) is 0.464. The third-order valence-electron chi connectivity index (χ3n) is 4.71. The van der Waals surface area contributed by atoms with Crippen molar-refractivity contribution in [1.82, 2.24) is 4.31 Å². The summed E-state index contributed by atoms with van der Waals surface area (Å²) in [6.07, 6.45) is 0.875. The van der Waals surface area contributed by atoms with Gasteiger partial charge < -0.3 is 0 Å². The van der Waals surface area contributed by atoms with Crippen molar-refractivity contribution < 1.29 is 21.6 Å². The Morgan fingerprint density at radius 1 is 1.09 bits per heavy atom. The van der Waals surface area contributed by atoms with E-state index in [4.69, 9.17) is 0 Å². The molecule has 0 amide bonds. The first-order chi connectivity index (χ1) is 10.7. The molecule has 0 N–H and O–H groups in total. The number of nitrogens with zero attached hydrogens (tertiary/aromatic N) is 1. The van der Waals surface area contributed by atoms with Crippen LogP contribution in [0.5, 0.6) is 0 Å². The van der Waals surface area contributed by atoms with Crippen molar-refractivity contribution in [3.05, 3.63) is 29.8 Å². The number of halogens is 3. The Morgan fingerprint density at radius 2 is 1.61 bits per heavy atom. The lowest BCUT2D eigenvalue weighted by Gasteiger charge is -2.37. The Morgan fingerprint density at radius 3 is 2.04 bits per heavy atom. The van der Waals surface area contributed by atoms with Gasteiger partial charge in [0.25, 0.3) is 0 Å². The molecule has 128 valence electrons. The quantitative estimate of drug-likeness (QED) is 0.819. The summed E-state index contributed by atoms with van der Waals surface area (Å²) < 4.78 is 65.1. The van der Waals surface area contributed by atoms with Crippen LogP contribution in [-0.2, 0) is 16.2 Å². The highest BCUT2D eigenvalue weighted by Gasteiger charge is 2.47. The predicted octanol–water partition coefficient (Wildman–Crippen LogP) is 3.75. The molecule has 0 spiro atoms. The SMILES string of the molecule is CSC1CC2CCC(C1)N2S(=O)(=O)c1ccc(C(F)(F)F)cc1. The van der Waals surface area contributed by atoms with Crippen molar-refractivity contribution in [3.63, 3.8) is 0 Å². The minimum absolute atomic E-state index is 0.0292. The molecule has 0 aliphatic carbocycles. The van der Waals surface area contributed by atoms with Crippen molar-refractivity contribution in [2.75, 3.05) is 6.26 Å². The number of piperidine rings is 1. The number of hydrogen-bond acceptors (Lipinski definition) is 3. The number of fused-ring (bicyclic) bond motifs is 2. The molecule has 1 aromatic carbocycles. The molecule has 3 rings (SSSR count). The van der Waals surface area contributed by atoms with E-state index < -0.39 is 21.8 Å². The van der Waals surface area contributed by atoms with Gasteiger partial charge in [-0.25, -0.2) is 8.42 Å². The van der Waals surface area contributed by atoms with E-state index in [1.54, 1.807) is 16.1 Å². The monoisotopic (exact) mass is 365 g/mol. The van der Waals surface area contributed by atoms with Crippen LogP contribution in [0.1, 0.15) is 31.2 Å². The van der Waals surface area contributed by atoms with Crippen LogP contribution in [0.3, 0.4) is 0 Å². The van der Waals surface area contributed by atoms with Gasteiger partial charge in [-0.3, -0.25) is 0 Å². The maximum atomic E-state index is 12.8. The van der Waals surface area contributed by atoms with Gasteiger partial charge in [-0.2, -0.15) is 29.2 Å². The molecule has 2 unspecified atom stereocenters. The molecule has 2 aliphatic rings. The minimum Gasteiger partial charge on any atom is -0.207 e. The summed E-state index contributed by atoms with van der Waals surface area (Å²) in [7, 11) is -3.74. The van der Waals surface area contributed by atoms with E-state index in [-0.39, 0.29) is 17.0 Å². The Balaban J connectivity index is 1.88. The van der Waals surface area contributed by atoms with E-state index in [0.29, 0.717) is 5.25 Å². The maximum absolute atomic E-state index is 12.8. The molecule has 0 aromatic heterocycles. The zero-order chi connectivity index (χ0) is 16.8. The van der Waals surface area contributed by atoms with Crippen molar-refractivity contribution in [2.24, 2.45) is 0 Å². The Bertz CT molecular complexity index is 659. The third-order valence-corrected chi connectivity index (χ3v) is 7.78. The van der Waals surface area contributed by atoms with Crippen molar-refractivity contribution in [3.8, 4) is 0 Å². The van der Waals surface area contributed by atoms with Gasteiger partial charge in [0, 0.05) is 17.3 Å². The van der Waals surface area contributed by atoms with Crippen molar-refractivity contribution in [1.29, 1.82) is 0 Å². The molecule has 0 saturated carbocycles. The minimum atomic E-state index is -4.46. The lowest BCUT2D eigenvalue weighted by molar-refractivity contribution is -0.137. The fraction of sp³-hybridized carbons (Fsp3) is 0.600. The zero-order valence-electron chi connectivity index (χ0n) is 12.6. The van der Waals surface area contributed by atoms with E-state index in [1.807, 2.05) is 6.26 Å². The average Bonchev–Trinajstić information content (AvgIpc) is 2.78. The number of rotatable bonds is 3. The standard InChI is InChI=1S/C15H18F3NO2S2/c1-22-13-8-11-4-5-12(9-13)19(11)23(20,21)14-6-2-10(3-7-14)15(16,17)18/h2-3,6-7,11-13H,4-5,8-9H2,1H3. The van der Waals surface area contributed by atoms with Gasteiger partial charge in [0.2, 0.25) is 10.0 Å². The third kappa shape index (κ3) is 3.13. The molecule has 8 heteroatoms. The Kier molecular flexibility index (Phi) is 4.44. The van der Waals surface area contributed by atoms with Gasteiger partial charge in [-0.15, -0.1) is 0 Å². The lowest BCUT2D eigenvalue weighted by atomic mass is 10.1. The van der Waals surface area contributed by atoms with Gasteiger partial charge in [-0.05, 0) is 56.2 Å². The van der Waals surface area contributed by atoms with E-state index in [1.165, 1.54) is 0 Å². The summed E-state index contributed by atoms with van der Waals surface area (Å²) in [6, 6.07) is 3.75. The summed E-state index contributed by atoms with van der Waals surface area (Å²) in [6.45, 7) is 0. The highest BCUT2D eigenvalue weighted by molar-refractivity contribution is 7.99. The number of alkyl halides is 3. The van der Waals surface area contributed by atoms with Gasteiger partial charge in [-0.1, -0.05) is 0 Å². The molecule has 1 aromatic rings. The summed E-state index contributed by atoms with van der Waals surface area (Å²) in [5.41, 5.74) is -0.833. The van der Waals surface area contributed by atoms with Crippen LogP contribution in [0.25, 0.3) is 0 Å². The molecule has 0 radical (unpaired) electrons. The molecule has 2 aliphatic heterocycles. The second kappa shape index (κ2) is 5.97. The fourth-order valence-corrected chi connectivity index (χ4v) is 6.33. The van der Waals surface area contributed by atoms with E-state index >= 15 is 0 Å². The smallest absolute Gasteiger partial charge is 0.207 e. The molecule has 2 heterocycles. The molecule has 2 bridgehead atoms. The van der Waals surface area contributed by atoms with Crippen LogP contribution in [-0.4, -0.2) is 36.3 Å². The topological polar surface area (TPSA) is 37.4 Å². The van der Waals surface area contributed by atoms with Gasteiger partial charge in [0.15, 0.2) is 0 Å². The first kappa shape index (κ1) is 17.1. The Labute approximate surface area is 138 Å². The molecule has 2 atom stereocenters. The van der Waals surface area contributed by atoms with Crippen LogP contribution in [0.2, 0.25) is 0 Å². The van der Waals surface area contributed by atoms with Crippen LogP contribution >= 0.6 is 11.8 Å².